The van der Waals surface area contributed by atoms with E-state index in [1.54, 1.807) is 4.90 Å². The summed E-state index contributed by atoms with van der Waals surface area (Å²) in [6.07, 6.45) is -1.51. The molecule has 0 aromatic heterocycles. The van der Waals surface area contributed by atoms with Crippen molar-refractivity contribution in [2.45, 2.75) is 26.1 Å². The third-order valence-electron chi connectivity index (χ3n) is 3.49. The molecule has 1 aliphatic rings. The minimum absolute atomic E-state index is 0.135. The van der Waals surface area contributed by atoms with Gasteiger partial charge in [0, 0.05) is 18.8 Å². The highest BCUT2D eigenvalue weighted by molar-refractivity contribution is 5.92. The van der Waals surface area contributed by atoms with E-state index < -0.39 is 12.2 Å². The van der Waals surface area contributed by atoms with Crippen molar-refractivity contribution in [2.24, 2.45) is 0 Å². The first-order chi connectivity index (χ1) is 8.95. The summed E-state index contributed by atoms with van der Waals surface area (Å²) in [5.74, 6) is -0.135. The van der Waals surface area contributed by atoms with Gasteiger partial charge in [-0.25, -0.2) is 0 Å². The van der Waals surface area contributed by atoms with Crippen LogP contribution < -0.4 is 5.32 Å². The molecule has 1 saturated heterocycles. The molecule has 1 amide bonds. The number of nitrogens with one attached hydrogen (secondary N) is 1. The average Bonchev–Trinajstić information content (AvgIpc) is 2.63. The SMILES string of the molecule is Cc1ccc(NC(=O)CN2CC(O)C(O)C2)cc1C. The molecule has 1 heterocycles. The summed E-state index contributed by atoms with van der Waals surface area (Å²) < 4.78 is 0. The lowest BCUT2D eigenvalue weighted by molar-refractivity contribution is -0.117. The lowest BCUT2D eigenvalue weighted by Gasteiger charge is -2.14. The number of carbonyl (C=O) groups excluding carboxylic acids is 1. The summed E-state index contributed by atoms with van der Waals surface area (Å²) in [5.41, 5.74) is 3.09. The van der Waals surface area contributed by atoms with Gasteiger partial charge in [0.1, 0.15) is 0 Å². The second kappa shape index (κ2) is 5.69. The van der Waals surface area contributed by atoms with Gasteiger partial charge < -0.3 is 15.5 Å². The molecule has 0 spiro atoms. The number of aliphatic hydroxyl groups is 2. The fourth-order valence-electron chi connectivity index (χ4n) is 2.20. The zero-order valence-electron chi connectivity index (χ0n) is 11.3. The molecular weight excluding hydrogens is 244 g/mol. The normalized spacial score (nSPS) is 23.6. The number of rotatable bonds is 3. The Kier molecular flexibility index (Phi) is 4.19. The van der Waals surface area contributed by atoms with Crippen LogP contribution in [0.4, 0.5) is 5.69 Å². The average molecular weight is 264 g/mol. The first-order valence-corrected chi connectivity index (χ1v) is 6.41. The fourth-order valence-corrected chi connectivity index (χ4v) is 2.20. The highest BCUT2D eigenvalue weighted by atomic mass is 16.3. The molecular formula is C14H20N2O3. The van der Waals surface area contributed by atoms with Gasteiger partial charge in [-0.2, -0.15) is 0 Å². The largest absolute Gasteiger partial charge is 0.389 e. The summed E-state index contributed by atoms with van der Waals surface area (Å²) >= 11 is 0. The van der Waals surface area contributed by atoms with E-state index in [4.69, 9.17) is 0 Å². The quantitative estimate of drug-likeness (QED) is 0.733. The molecule has 0 saturated carbocycles. The summed E-state index contributed by atoms with van der Waals surface area (Å²) in [6.45, 7) is 4.87. The second-order valence-electron chi connectivity index (χ2n) is 5.18. The van der Waals surface area contributed by atoms with Gasteiger partial charge in [0.15, 0.2) is 0 Å². The Labute approximate surface area is 112 Å². The Hall–Kier alpha value is -1.43. The number of aryl methyl sites for hydroxylation is 2. The van der Waals surface area contributed by atoms with Gasteiger partial charge in [-0.05, 0) is 37.1 Å². The van der Waals surface area contributed by atoms with Crippen molar-refractivity contribution >= 4 is 11.6 Å². The topological polar surface area (TPSA) is 72.8 Å². The lowest BCUT2D eigenvalue weighted by atomic mass is 10.1. The van der Waals surface area contributed by atoms with Crippen LogP contribution in [-0.2, 0) is 4.79 Å². The fraction of sp³-hybridized carbons (Fsp3) is 0.500. The third-order valence-corrected chi connectivity index (χ3v) is 3.49. The number of β-amino-alcohol motifs (C(OH)–C–C–N with tert-alkyl or cyclic N) is 2. The zero-order valence-corrected chi connectivity index (χ0v) is 11.3. The van der Waals surface area contributed by atoms with E-state index >= 15 is 0 Å². The summed E-state index contributed by atoms with van der Waals surface area (Å²) in [4.78, 5) is 13.6. The minimum Gasteiger partial charge on any atom is -0.389 e. The molecule has 2 unspecified atom stereocenters. The van der Waals surface area contributed by atoms with Crippen LogP contribution >= 0.6 is 0 Å². The van der Waals surface area contributed by atoms with Crippen LogP contribution in [0.1, 0.15) is 11.1 Å². The number of hydrogen-bond donors (Lipinski definition) is 3. The molecule has 5 nitrogen and oxygen atoms in total. The second-order valence-corrected chi connectivity index (χ2v) is 5.18. The molecule has 1 aromatic rings. The highest BCUT2D eigenvalue weighted by Crippen LogP contribution is 2.15. The molecule has 1 fully saturated rings. The van der Waals surface area contributed by atoms with Crippen molar-refractivity contribution in [3.63, 3.8) is 0 Å². The van der Waals surface area contributed by atoms with Gasteiger partial charge in [0.05, 0.1) is 18.8 Å². The standard InChI is InChI=1S/C14H20N2O3/c1-9-3-4-11(5-10(9)2)15-14(19)8-16-6-12(17)13(18)7-16/h3-5,12-13,17-18H,6-8H2,1-2H3,(H,15,19). The molecule has 104 valence electrons. The number of likely N-dealkylation sites (tertiary alicyclic amines) is 1. The molecule has 0 bridgehead atoms. The summed E-state index contributed by atoms with van der Waals surface area (Å²) in [5, 5.41) is 21.7. The van der Waals surface area contributed by atoms with Gasteiger partial charge in [0.25, 0.3) is 0 Å². The van der Waals surface area contributed by atoms with E-state index in [1.165, 1.54) is 5.56 Å². The van der Waals surface area contributed by atoms with Crippen LogP contribution in [0.25, 0.3) is 0 Å². The van der Waals surface area contributed by atoms with Crippen molar-refractivity contribution in [3.05, 3.63) is 29.3 Å². The van der Waals surface area contributed by atoms with E-state index in [0.29, 0.717) is 13.1 Å². The van der Waals surface area contributed by atoms with Crippen LogP contribution in [0.2, 0.25) is 0 Å². The molecule has 1 aromatic carbocycles. The molecule has 0 aliphatic carbocycles. The predicted molar refractivity (Wildman–Crippen MR) is 73.0 cm³/mol. The van der Waals surface area contributed by atoms with Crippen molar-refractivity contribution < 1.29 is 15.0 Å². The van der Waals surface area contributed by atoms with E-state index in [9.17, 15) is 15.0 Å². The number of benzene rings is 1. The van der Waals surface area contributed by atoms with E-state index in [-0.39, 0.29) is 12.5 Å². The van der Waals surface area contributed by atoms with Gasteiger partial charge in [-0.1, -0.05) is 6.07 Å². The van der Waals surface area contributed by atoms with Gasteiger partial charge in [0.2, 0.25) is 5.91 Å². The first kappa shape index (κ1) is 14.0. The number of carbonyl (C=O) groups is 1. The Morgan fingerprint density at radius 1 is 1.26 bits per heavy atom. The smallest absolute Gasteiger partial charge is 0.238 e. The molecule has 2 atom stereocenters. The highest BCUT2D eigenvalue weighted by Gasteiger charge is 2.30. The van der Waals surface area contributed by atoms with Crippen LogP contribution in [0.5, 0.6) is 0 Å². The summed E-state index contributed by atoms with van der Waals surface area (Å²) in [7, 11) is 0. The number of anilines is 1. The van der Waals surface area contributed by atoms with Crippen LogP contribution in [-0.4, -0.2) is 52.9 Å². The molecule has 0 radical (unpaired) electrons. The van der Waals surface area contributed by atoms with Crippen LogP contribution in [0.15, 0.2) is 18.2 Å². The molecule has 5 heteroatoms. The summed E-state index contributed by atoms with van der Waals surface area (Å²) in [6, 6.07) is 5.77. The monoisotopic (exact) mass is 264 g/mol. The first-order valence-electron chi connectivity index (χ1n) is 6.41. The Morgan fingerprint density at radius 3 is 2.47 bits per heavy atom. The predicted octanol–water partition coefficient (Wildman–Crippen LogP) is 0.279. The molecule has 19 heavy (non-hydrogen) atoms. The third kappa shape index (κ3) is 3.53. The van der Waals surface area contributed by atoms with Crippen LogP contribution in [0.3, 0.4) is 0 Å². The maximum Gasteiger partial charge on any atom is 0.238 e. The maximum absolute atomic E-state index is 11.9. The molecule has 1 aliphatic heterocycles. The number of hydrogen-bond acceptors (Lipinski definition) is 4. The van der Waals surface area contributed by atoms with Crippen molar-refractivity contribution in [1.29, 1.82) is 0 Å². The van der Waals surface area contributed by atoms with Gasteiger partial charge in [-0.15, -0.1) is 0 Å². The van der Waals surface area contributed by atoms with Crippen molar-refractivity contribution in [3.8, 4) is 0 Å². The Bertz CT molecular complexity index is 466. The van der Waals surface area contributed by atoms with E-state index in [0.717, 1.165) is 11.3 Å². The van der Waals surface area contributed by atoms with E-state index in [1.807, 2.05) is 32.0 Å². The van der Waals surface area contributed by atoms with Crippen molar-refractivity contribution in [1.82, 2.24) is 4.90 Å². The lowest BCUT2D eigenvalue weighted by Crippen LogP contribution is -2.32. The maximum atomic E-state index is 11.9. The van der Waals surface area contributed by atoms with Crippen molar-refractivity contribution in [2.75, 3.05) is 25.0 Å². The van der Waals surface area contributed by atoms with Gasteiger partial charge >= 0.3 is 0 Å². The Morgan fingerprint density at radius 2 is 1.89 bits per heavy atom. The van der Waals surface area contributed by atoms with E-state index in [2.05, 4.69) is 5.32 Å². The molecule has 2 rings (SSSR count). The Balaban J connectivity index is 1.89. The van der Waals surface area contributed by atoms with Gasteiger partial charge in [-0.3, -0.25) is 9.69 Å². The number of nitrogens with zero attached hydrogens (tertiary/aromatic N) is 1. The number of amides is 1. The number of aliphatic hydroxyl groups excluding tert-OH is 2. The minimum atomic E-state index is -0.755. The van der Waals surface area contributed by atoms with Crippen LogP contribution in [0, 0.1) is 13.8 Å². The molecule has 3 N–H and O–H groups in total. The zero-order chi connectivity index (χ0) is 14.0.